The second kappa shape index (κ2) is 8.16. The van der Waals surface area contributed by atoms with Gasteiger partial charge in [0, 0.05) is 26.7 Å². The minimum absolute atomic E-state index is 0.199. The highest BCUT2D eigenvalue weighted by Crippen LogP contribution is 1.86. The molecule has 0 atom stereocenters. The molecule has 0 saturated carbocycles. The van der Waals surface area contributed by atoms with E-state index in [1.807, 2.05) is 6.92 Å². The first-order valence-electron chi connectivity index (χ1n) is 4.79. The molecule has 0 fully saturated rings. The van der Waals surface area contributed by atoms with Crippen LogP contribution in [0.4, 0.5) is 0 Å². The van der Waals surface area contributed by atoms with Crippen molar-refractivity contribution >= 4 is 10.0 Å². The van der Waals surface area contributed by atoms with E-state index in [1.165, 1.54) is 0 Å². The van der Waals surface area contributed by atoms with Gasteiger partial charge in [-0.2, -0.15) is 0 Å². The summed E-state index contributed by atoms with van der Waals surface area (Å²) >= 11 is 0. The summed E-state index contributed by atoms with van der Waals surface area (Å²) in [6, 6.07) is 0. The molecule has 2 N–H and O–H groups in total. The topological polar surface area (TPSA) is 67.4 Å². The number of methoxy groups -OCH3 is 1. The van der Waals surface area contributed by atoms with Crippen molar-refractivity contribution in [1.29, 1.82) is 0 Å². The zero-order valence-electron chi connectivity index (χ0n) is 8.88. The molecule has 0 bridgehead atoms. The van der Waals surface area contributed by atoms with Crippen molar-refractivity contribution in [2.45, 2.75) is 13.3 Å². The lowest BCUT2D eigenvalue weighted by Crippen LogP contribution is -2.34. The van der Waals surface area contributed by atoms with Gasteiger partial charge in [0.25, 0.3) is 0 Å². The van der Waals surface area contributed by atoms with Crippen LogP contribution in [0.5, 0.6) is 0 Å². The third-order valence-corrected chi connectivity index (χ3v) is 3.17. The summed E-state index contributed by atoms with van der Waals surface area (Å²) in [5.41, 5.74) is 0. The Bertz CT molecular complexity index is 217. The van der Waals surface area contributed by atoms with Crippen LogP contribution < -0.4 is 10.0 Å². The largest absolute Gasteiger partial charge is 0.383 e. The van der Waals surface area contributed by atoms with Crippen molar-refractivity contribution in [3.63, 3.8) is 0 Å². The van der Waals surface area contributed by atoms with Crippen LogP contribution in [0.15, 0.2) is 0 Å². The molecular weight excluding hydrogens is 204 g/mol. The van der Waals surface area contributed by atoms with Gasteiger partial charge in [0.2, 0.25) is 10.0 Å². The van der Waals surface area contributed by atoms with Gasteiger partial charge in [0.1, 0.15) is 0 Å². The molecular formula is C8H20N2O3S. The average Bonchev–Trinajstić information content (AvgIpc) is 2.11. The third kappa shape index (κ3) is 8.43. The van der Waals surface area contributed by atoms with Gasteiger partial charge in [-0.05, 0) is 6.42 Å². The number of nitrogens with one attached hydrogen (secondary N) is 2. The van der Waals surface area contributed by atoms with E-state index >= 15 is 0 Å². The fourth-order valence-electron chi connectivity index (χ4n) is 0.935. The van der Waals surface area contributed by atoms with Gasteiger partial charge in [0.15, 0.2) is 0 Å². The lowest BCUT2D eigenvalue weighted by Gasteiger charge is -2.06. The van der Waals surface area contributed by atoms with Gasteiger partial charge in [-0.3, -0.25) is 0 Å². The summed E-state index contributed by atoms with van der Waals surface area (Å²) in [4.78, 5) is 0. The highest BCUT2D eigenvalue weighted by Gasteiger charge is 2.05. The van der Waals surface area contributed by atoms with Crippen molar-refractivity contribution in [3.8, 4) is 0 Å². The normalized spacial score (nSPS) is 11.9. The summed E-state index contributed by atoms with van der Waals surface area (Å²) in [5.74, 6) is 0.199. The summed E-state index contributed by atoms with van der Waals surface area (Å²) in [6.07, 6.45) is 0.645. The molecule has 0 aromatic carbocycles. The Balaban J connectivity index is 3.35. The monoisotopic (exact) mass is 224 g/mol. The molecule has 0 aromatic rings. The molecule has 0 aromatic heterocycles. The molecule has 0 heterocycles. The third-order valence-electron chi connectivity index (χ3n) is 1.58. The maximum Gasteiger partial charge on any atom is 0.211 e. The minimum Gasteiger partial charge on any atom is -0.383 e. The Morgan fingerprint density at radius 1 is 1.21 bits per heavy atom. The Morgan fingerprint density at radius 3 is 2.50 bits per heavy atom. The van der Waals surface area contributed by atoms with Crippen molar-refractivity contribution in [1.82, 2.24) is 10.0 Å². The van der Waals surface area contributed by atoms with Gasteiger partial charge in [-0.25, -0.2) is 13.1 Å². The first kappa shape index (κ1) is 13.8. The molecule has 0 spiro atoms. The van der Waals surface area contributed by atoms with Crippen LogP contribution >= 0.6 is 0 Å². The molecule has 0 aliphatic heterocycles. The predicted octanol–water partition coefficient (Wildman–Crippen LogP) is -0.448. The zero-order chi connectivity index (χ0) is 10.9. The SMILES string of the molecule is CCCS(=O)(=O)NCCNCCOC. The maximum atomic E-state index is 11.2. The molecule has 0 amide bonds. The van der Waals surface area contributed by atoms with Crippen LogP contribution in [0.2, 0.25) is 0 Å². The fourth-order valence-corrected chi connectivity index (χ4v) is 2.03. The summed E-state index contributed by atoms with van der Waals surface area (Å²) in [7, 11) is -1.42. The minimum atomic E-state index is -3.05. The first-order valence-corrected chi connectivity index (χ1v) is 6.44. The molecule has 0 saturated heterocycles. The Hall–Kier alpha value is -0.170. The van der Waals surface area contributed by atoms with Gasteiger partial charge in [0.05, 0.1) is 12.4 Å². The van der Waals surface area contributed by atoms with E-state index in [2.05, 4.69) is 10.0 Å². The van der Waals surface area contributed by atoms with Gasteiger partial charge in [-0.1, -0.05) is 6.92 Å². The first-order chi connectivity index (χ1) is 6.62. The average molecular weight is 224 g/mol. The Labute approximate surface area is 86.3 Å². The van der Waals surface area contributed by atoms with E-state index in [0.717, 1.165) is 6.54 Å². The van der Waals surface area contributed by atoms with Crippen LogP contribution in [0, 0.1) is 0 Å². The van der Waals surface area contributed by atoms with E-state index in [4.69, 9.17) is 4.74 Å². The van der Waals surface area contributed by atoms with E-state index in [0.29, 0.717) is 26.1 Å². The summed E-state index contributed by atoms with van der Waals surface area (Å²) in [6.45, 7) is 4.29. The van der Waals surface area contributed by atoms with Crippen LogP contribution in [-0.4, -0.2) is 47.5 Å². The number of hydrogen-bond acceptors (Lipinski definition) is 4. The van der Waals surface area contributed by atoms with Crippen molar-refractivity contribution < 1.29 is 13.2 Å². The fraction of sp³-hybridized carbons (Fsp3) is 1.00. The summed E-state index contributed by atoms with van der Waals surface area (Å²) in [5, 5.41) is 3.05. The van der Waals surface area contributed by atoms with Crippen LogP contribution in [0.25, 0.3) is 0 Å². The molecule has 5 nitrogen and oxygen atoms in total. The van der Waals surface area contributed by atoms with Crippen molar-refractivity contribution in [3.05, 3.63) is 0 Å². The second-order valence-electron chi connectivity index (χ2n) is 2.96. The molecule has 0 unspecified atom stereocenters. The number of hydrogen-bond donors (Lipinski definition) is 2. The molecule has 6 heteroatoms. The van der Waals surface area contributed by atoms with E-state index in [-0.39, 0.29) is 5.75 Å². The van der Waals surface area contributed by atoms with Crippen LogP contribution in [0.3, 0.4) is 0 Å². The van der Waals surface area contributed by atoms with Crippen molar-refractivity contribution in [2.75, 3.05) is 39.1 Å². The quantitative estimate of drug-likeness (QED) is 0.521. The second-order valence-corrected chi connectivity index (χ2v) is 4.88. The molecule has 86 valence electrons. The van der Waals surface area contributed by atoms with Crippen molar-refractivity contribution in [2.24, 2.45) is 0 Å². The van der Waals surface area contributed by atoms with Gasteiger partial charge >= 0.3 is 0 Å². The Morgan fingerprint density at radius 2 is 1.93 bits per heavy atom. The predicted molar refractivity (Wildman–Crippen MR) is 56.8 cm³/mol. The standard InChI is InChI=1S/C8H20N2O3S/c1-3-8-14(11,12)10-5-4-9-6-7-13-2/h9-10H,3-8H2,1-2H3. The van der Waals surface area contributed by atoms with Gasteiger partial charge in [-0.15, -0.1) is 0 Å². The van der Waals surface area contributed by atoms with Crippen LogP contribution in [-0.2, 0) is 14.8 Å². The van der Waals surface area contributed by atoms with E-state index in [9.17, 15) is 8.42 Å². The maximum absolute atomic E-state index is 11.2. The number of sulfonamides is 1. The summed E-state index contributed by atoms with van der Waals surface area (Å²) < 4.78 is 29.6. The van der Waals surface area contributed by atoms with E-state index in [1.54, 1.807) is 7.11 Å². The zero-order valence-corrected chi connectivity index (χ0v) is 9.69. The molecule has 14 heavy (non-hydrogen) atoms. The van der Waals surface area contributed by atoms with E-state index < -0.39 is 10.0 Å². The lowest BCUT2D eigenvalue weighted by molar-refractivity contribution is 0.199. The molecule has 0 radical (unpaired) electrons. The molecule has 0 rings (SSSR count). The Kier molecular flexibility index (Phi) is 8.07. The number of rotatable bonds is 9. The smallest absolute Gasteiger partial charge is 0.211 e. The highest BCUT2D eigenvalue weighted by atomic mass is 32.2. The highest BCUT2D eigenvalue weighted by molar-refractivity contribution is 7.89. The van der Waals surface area contributed by atoms with Crippen LogP contribution in [0.1, 0.15) is 13.3 Å². The van der Waals surface area contributed by atoms with Gasteiger partial charge < -0.3 is 10.1 Å². The molecule has 0 aliphatic carbocycles. The lowest BCUT2D eigenvalue weighted by atomic mass is 10.6. The molecule has 0 aliphatic rings. The number of ether oxygens (including phenoxy) is 1.